The molecular formula is C8H12O4S. The summed E-state index contributed by atoms with van der Waals surface area (Å²) in [5.41, 5.74) is 0. The number of ether oxygens (including phenoxy) is 2. The number of cyclic esters (lactones) is 2. The van der Waals surface area contributed by atoms with Gasteiger partial charge in [-0.2, -0.15) is 12.6 Å². The molecule has 0 aromatic carbocycles. The molecule has 1 saturated heterocycles. The van der Waals surface area contributed by atoms with Gasteiger partial charge in [-0.15, -0.1) is 0 Å². The summed E-state index contributed by atoms with van der Waals surface area (Å²) in [5.74, 6) is -0.551. The summed E-state index contributed by atoms with van der Waals surface area (Å²) in [6, 6.07) is 0. The van der Waals surface area contributed by atoms with Crippen molar-refractivity contribution in [3.8, 4) is 0 Å². The average Bonchev–Trinajstić information content (AvgIpc) is 2.39. The van der Waals surface area contributed by atoms with E-state index < -0.39 is 17.9 Å². The largest absolute Gasteiger partial charge is 0.393 e. The zero-order valence-electron chi connectivity index (χ0n) is 7.19. The number of rotatable bonds is 5. The van der Waals surface area contributed by atoms with Gasteiger partial charge in [-0.1, -0.05) is 0 Å². The van der Waals surface area contributed by atoms with Crippen LogP contribution in [-0.4, -0.2) is 30.9 Å². The molecule has 0 aliphatic carbocycles. The molecule has 0 radical (unpaired) electrons. The van der Waals surface area contributed by atoms with Crippen LogP contribution in [0.4, 0.5) is 0 Å². The van der Waals surface area contributed by atoms with E-state index in [0.717, 1.165) is 12.2 Å². The van der Waals surface area contributed by atoms with Crippen LogP contribution in [-0.2, 0) is 19.1 Å². The van der Waals surface area contributed by atoms with E-state index in [1.165, 1.54) is 0 Å². The zero-order valence-corrected chi connectivity index (χ0v) is 8.09. The van der Waals surface area contributed by atoms with Crippen molar-refractivity contribution in [2.75, 3.05) is 19.0 Å². The third kappa shape index (κ3) is 3.36. The molecular weight excluding hydrogens is 192 g/mol. The molecule has 13 heavy (non-hydrogen) atoms. The Bertz CT molecular complexity index is 204. The van der Waals surface area contributed by atoms with E-state index >= 15 is 0 Å². The van der Waals surface area contributed by atoms with E-state index in [4.69, 9.17) is 4.74 Å². The first kappa shape index (κ1) is 10.5. The molecule has 0 N–H and O–H groups in total. The quantitative estimate of drug-likeness (QED) is 0.305. The maximum atomic E-state index is 10.9. The maximum Gasteiger partial charge on any atom is 0.319 e. The smallest absolute Gasteiger partial charge is 0.319 e. The van der Waals surface area contributed by atoms with E-state index in [0.29, 0.717) is 6.61 Å². The second kappa shape index (κ2) is 5.24. The fourth-order valence-corrected chi connectivity index (χ4v) is 1.17. The van der Waals surface area contributed by atoms with Crippen LogP contribution in [0.15, 0.2) is 0 Å². The second-order valence-electron chi connectivity index (χ2n) is 2.85. The van der Waals surface area contributed by atoms with Gasteiger partial charge in [0.25, 0.3) is 0 Å². The van der Waals surface area contributed by atoms with Crippen LogP contribution in [0.25, 0.3) is 0 Å². The van der Waals surface area contributed by atoms with Gasteiger partial charge in [-0.05, 0) is 12.2 Å². The Morgan fingerprint density at radius 1 is 1.54 bits per heavy atom. The summed E-state index contributed by atoms with van der Waals surface area (Å²) >= 11 is 4.01. The van der Waals surface area contributed by atoms with E-state index in [1.807, 2.05) is 0 Å². The van der Waals surface area contributed by atoms with Crippen molar-refractivity contribution in [3.05, 3.63) is 0 Å². The van der Waals surface area contributed by atoms with Crippen LogP contribution >= 0.6 is 12.6 Å². The normalized spacial score (nSPS) is 22.1. The van der Waals surface area contributed by atoms with Crippen molar-refractivity contribution in [1.29, 1.82) is 0 Å². The first-order valence-corrected chi connectivity index (χ1v) is 4.80. The SMILES string of the molecule is O=C1CC(COCCCS)C(=O)O1. The average molecular weight is 204 g/mol. The maximum absolute atomic E-state index is 10.9. The van der Waals surface area contributed by atoms with Crippen molar-refractivity contribution in [3.63, 3.8) is 0 Å². The van der Waals surface area contributed by atoms with Crippen molar-refractivity contribution >= 4 is 24.6 Å². The molecule has 1 atom stereocenters. The number of carbonyl (C=O) groups excluding carboxylic acids is 2. The van der Waals surface area contributed by atoms with Gasteiger partial charge in [-0.25, -0.2) is 0 Å². The molecule has 0 amide bonds. The van der Waals surface area contributed by atoms with Gasteiger partial charge in [0.1, 0.15) is 0 Å². The van der Waals surface area contributed by atoms with Crippen LogP contribution in [0.3, 0.4) is 0 Å². The summed E-state index contributed by atoms with van der Waals surface area (Å²) in [6.07, 6.45) is 0.999. The minimum Gasteiger partial charge on any atom is -0.393 e. The Morgan fingerprint density at radius 3 is 2.85 bits per heavy atom. The van der Waals surface area contributed by atoms with Gasteiger partial charge in [0.05, 0.1) is 18.9 Å². The first-order chi connectivity index (χ1) is 6.24. The number of carbonyl (C=O) groups is 2. The summed E-state index contributed by atoms with van der Waals surface area (Å²) in [6.45, 7) is 0.847. The molecule has 5 heteroatoms. The predicted molar refractivity (Wildman–Crippen MR) is 48.5 cm³/mol. The molecule has 1 heterocycles. The summed E-state index contributed by atoms with van der Waals surface area (Å²) in [4.78, 5) is 21.6. The molecule has 74 valence electrons. The first-order valence-electron chi connectivity index (χ1n) is 4.17. The molecule has 1 fully saturated rings. The van der Waals surface area contributed by atoms with Crippen molar-refractivity contribution in [2.45, 2.75) is 12.8 Å². The van der Waals surface area contributed by atoms with Crippen LogP contribution in [0.5, 0.6) is 0 Å². The van der Waals surface area contributed by atoms with E-state index in [9.17, 15) is 9.59 Å². The predicted octanol–water partition coefficient (Wildman–Crippen LogP) is 0.413. The van der Waals surface area contributed by atoms with Crippen LogP contribution in [0, 0.1) is 5.92 Å². The zero-order chi connectivity index (χ0) is 9.68. The minimum absolute atomic E-state index is 0.152. The summed E-state index contributed by atoms with van der Waals surface area (Å²) in [7, 11) is 0. The Kier molecular flexibility index (Phi) is 4.24. The third-order valence-electron chi connectivity index (χ3n) is 1.73. The van der Waals surface area contributed by atoms with E-state index in [-0.39, 0.29) is 13.0 Å². The molecule has 1 aliphatic heterocycles. The lowest BCUT2D eigenvalue weighted by Crippen LogP contribution is -2.15. The lowest BCUT2D eigenvalue weighted by atomic mass is 10.1. The Morgan fingerprint density at radius 2 is 2.31 bits per heavy atom. The highest BCUT2D eigenvalue weighted by Crippen LogP contribution is 2.15. The number of hydrogen-bond donors (Lipinski definition) is 1. The Hall–Kier alpha value is -0.550. The fraction of sp³-hybridized carbons (Fsp3) is 0.750. The Labute approximate surface area is 82.0 Å². The van der Waals surface area contributed by atoms with Gasteiger partial charge in [0, 0.05) is 6.61 Å². The number of hydrogen-bond acceptors (Lipinski definition) is 5. The van der Waals surface area contributed by atoms with E-state index in [2.05, 4.69) is 17.4 Å². The highest BCUT2D eigenvalue weighted by atomic mass is 32.1. The molecule has 1 aliphatic rings. The van der Waals surface area contributed by atoms with Crippen LogP contribution < -0.4 is 0 Å². The molecule has 1 unspecified atom stereocenters. The Balaban J connectivity index is 2.14. The van der Waals surface area contributed by atoms with Gasteiger partial charge < -0.3 is 9.47 Å². The molecule has 0 spiro atoms. The lowest BCUT2D eigenvalue weighted by Gasteiger charge is -2.04. The highest BCUT2D eigenvalue weighted by molar-refractivity contribution is 7.80. The molecule has 4 nitrogen and oxygen atoms in total. The van der Waals surface area contributed by atoms with Gasteiger partial charge >= 0.3 is 11.9 Å². The fourth-order valence-electron chi connectivity index (χ4n) is 1.04. The van der Waals surface area contributed by atoms with E-state index in [1.54, 1.807) is 0 Å². The van der Waals surface area contributed by atoms with Crippen molar-refractivity contribution in [1.82, 2.24) is 0 Å². The second-order valence-corrected chi connectivity index (χ2v) is 3.29. The summed E-state index contributed by atoms with van der Waals surface area (Å²) < 4.78 is 9.53. The molecule has 0 bridgehead atoms. The lowest BCUT2D eigenvalue weighted by molar-refractivity contribution is -0.153. The topological polar surface area (TPSA) is 52.6 Å². The van der Waals surface area contributed by atoms with Crippen molar-refractivity contribution in [2.24, 2.45) is 5.92 Å². The van der Waals surface area contributed by atoms with Gasteiger partial charge in [-0.3, -0.25) is 9.59 Å². The monoisotopic (exact) mass is 204 g/mol. The highest BCUT2D eigenvalue weighted by Gasteiger charge is 2.33. The third-order valence-corrected chi connectivity index (χ3v) is 2.04. The molecule has 0 aromatic heterocycles. The molecule has 1 rings (SSSR count). The van der Waals surface area contributed by atoms with Crippen LogP contribution in [0.2, 0.25) is 0 Å². The summed E-state index contributed by atoms with van der Waals surface area (Å²) in [5, 5.41) is 0. The number of esters is 2. The van der Waals surface area contributed by atoms with Gasteiger partial charge in [0.15, 0.2) is 0 Å². The van der Waals surface area contributed by atoms with Gasteiger partial charge in [0.2, 0.25) is 0 Å². The molecule has 0 saturated carbocycles. The van der Waals surface area contributed by atoms with Crippen LogP contribution in [0.1, 0.15) is 12.8 Å². The van der Waals surface area contributed by atoms with Crippen molar-refractivity contribution < 1.29 is 19.1 Å². The number of thiol groups is 1. The molecule has 0 aromatic rings. The standard InChI is InChI=1S/C8H12O4S/c9-7-4-6(8(10)12-7)5-11-2-1-3-13/h6,13H,1-5H2. The minimum atomic E-state index is -0.462.